The molecule has 5 aliphatic carbocycles. The molecule has 5 unspecified atom stereocenters. The summed E-state index contributed by atoms with van der Waals surface area (Å²) in [7, 11) is 0. The minimum Gasteiger partial charge on any atom is -0.311 e. The third-order valence-corrected chi connectivity index (χ3v) is 16.2. The van der Waals surface area contributed by atoms with Crippen LogP contribution in [-0.2, 0) is 5.41 Å². The Balaban J connectivity index is 0.815. The third-order valence-electron chi connectivity index (χ3n) is 16.2. The molecule has 0 heterocycles. The van der Waals surface area contributed by atoms with Crippen molar-refractivity contribution >= 4 is 17.1 Å². The number of anilines is 3. The van der Waals surface area contributed by atoms with E-state index in [1.807, 2.05) is 0 Å². The summed E-state index contributed by atoms with van der Waals surface area (Å²) >= 11 is 0. The Bertz CT molecular complexity index is 3160. The molecule has 5 atom stereocenters. The molecule has 66 heavy (non-hydrogen) atoms. The highest BCUT2D eigenvalue weighted by Gasteiger charge is 2.59. The highest BCUT2D eigenvalue weighted by atomic mass is 15.1. The molecule has 4 fully saturated rings. The summed E-state index contributed by atoms with van der Waals surface area (Å²) in [6.07, 6.45) is 8.53. The zero-order chi connectivity index (χ0) is 43.6. The van der Waals surface area contributed by atoms with Crippen LogP contribution in [0.4, 0.5) is 17.1 Å². The average Bonchev–Trinajstić information content (AvgIpc) is 3.53. The zero-order valence-corrected chi connectivity index (χ0v) is 37.4. The van der Waals surface area contributed by atoms with E-state index in [4.69, 9.17) is 0 Å². The normalized spacial score (nSPS) is 21.0. The molecule has 14 rings (SSSR count). The predicted octanol–water partition coefficient (Wildman–Crippen LogP) is 17.6. The van der Waals surface area contributed by atoms with Crippen LogP contribution in [0.15, 0.2) is 224 Å². The van der Waals surface area contributed by atoms with Crippen molar-refractivity contribution in [2.24, 2.45) is 23.7 Å². The van der Waals surface area contributed by atoms with Crippen molar-refractivity contribution in [3.8, 4) is 66.8 Å². The van der Waals surface area contributed by atoms with E-state index in [-0.39, 0.29) is 5.41 Å². The van der Waals surface area contributed by atoms with Gasteiger partial charge in [-0.15, -0.1) is 0 Å². The van der Waals surface area contributed by atoms with Gasteiger partial charge in [-0.25, -0.2) is 0 Å². The van der Waals surface area contributed by atoms with Crippen LogP contribution in [0.5, 0.6) is 0 Å². The highest BCUT2D eigenvalue weighted by molar-refractivity contribution is 5.93. The predicted molar refractivity (Wildman–Crippen MR) is 276 cm³/mol. The maximum absolute atomic E-state index is 2.52. The monoisotopic (exact) mass is 847 g/mol. The van der Waals surface area contributed by atoms with Crippen LogP contribution in [0.3, 0.4) is 0 Å². The van der Waals surface area contributed by atoms with E-state index in [1.165, 1.54) is 105 Å². The fourth-order valence-electron chi connectivity index (χ4n) is 13.4. The van der Waals surface area contributed by atoms with E-state index in [0.717, 1.165) is 40.7 Å². The van der Waals surface area contributed by atoms with E-state index in [2.05, 4.69) is 229 Å². The van der Waals surface area contributed by atoms with Gasteiger partial charge in [0.2, 0.25) is 0 Å². The molecular weight excluding hydrogens is 795 g/mol. The van der Waals surface area contributed by atoms with E-state index in [1.54, 1.807) is 11.1 Å². The Morgan fingerprint density at radius 1 is 0.288 bits per heavy atom. The van der Waals surface area contributed by atoms with Gasteiger partial charge >= 0.3 is 0 Å². The summed E-state index contributed by atoms with van der Waals surface area (Å²) < 4.78 is 0. The minimum absolute atomic E-state index is 0.171. The molecule has 9 aromatic carbocycles. The number of fused-ring (bicyclic) bond motifs is 4. The molecule has 4 bridgehead atoms. The van der Waals surface area contributed by atoms with Crippen LogP contribution in [0.1, 0.15) is 49.7 Å². The lowest BCUT2D eigenvalue weighted by Gasteiger charge is -2.53. The third kappa shape index (κ3) is 6.51. The van der Waals surface area contributed by atoms with Gasteiger partial charge in [0.25, 0.3) is 0 Å². The van der Waals surface area contributed by atoms with Crippen LogP contribution >= 0.6 is 0 Å². The Morgan fingerprint density at radius 3 is 1.21 bits per heavy atom. The van der Waals surface area contributed by atoms with Gasteiger partial charge in [0.15, 0.2) is 0 Å². The highest BCUT2D eigenvalue weighted by Crippen LogP contribution is 2.68. The quantitative estimate of drug-likeness (QED) is 0.147. The SMILES string of the molecule is c1ccc(-c2ccc(-c3ccc(N(c4ccc(-c5ccccc5)cc4)c4ccc(-c5ccc(-c6cccc7c6-c6ccccc6C76C7CCC8CC(C7)CC6C8)cc5)cc4)cc3)cc2)cc1. The second-order valence-corrected chi connectivity index (χ2v) is 19.7. The number of hydrogen-bond donors (Lipinski definition) is 0. The minimum atomic E-state index is 0.171. The molecular formula is C65H53N. The van der Waals surface area contributed by atoms with Gasteiger partial charge in [0.05, 0.1) is 0 Å². The van der Waals surface area contributed by atoms with E-state index < -0.39 is 0 Å². The van der Waals surface area contributed by atoms with Gasteiger partial charge in [-0.05, 0) is 170 Å². The van der Waals surface area contributed by atoms with Crippen molar-refractivity contribution in [2.45, 2.75) is 43.9 Å². The Morgan fingerprint density at radius 2 is 0.682 bits per heavy atom. The zero-order valence-electron chi connectivity index (χ0n) is 37.4. The molecule has 0 radical (unpaired) electrons. The smallest absolute Gasteiger partial charge is 0.0462 e. The molecule has 1 heteroatoms. The van der Waals surface area contributed by atoms with E-state index in [9.17, 15) is 0 Å². The lowest BCUT2D eigenvalue weighted by Crippen LogP contribution is -2.48. The second-order valence-electron chi connectivity index (χ2n) is 19.7. The van der Waals surface area contributed by atoms with Crippen LogP contribution in [-0.4, -0.2) is 0 Å². The van der Waals surface area contributed by atoms with E-state index >= 15 is 0 Å². The molecule has 1 spiro atoms. The lowest BCUT2D eigenvalue weighted by atomic mass is 9.51. The van der Waals surface area contributed by atoms with Gasteiger partial charge in [-0.3, -0.25) is 0 Å². The molecule has 9 aromatic rings. The molecule has 1 nitrogen and oxygen atoms in total. The average molecular weight is 848 g/mol. The van der Waals surface area contributed by atoms with Crippen LogP contribution in [0, 0.1) is 23.7 Å². The van der Waals surface area contributed by atoms with Gasteiger partial charge in [-0.1, -0.05) is 194 Å². The van der Waals surface area contributed by atoms with Crippen molar-refractivity contribution in [2.75, 3.05) is 4.90 Å². The van der Waals surface area contributed by atoms with E-state index in [0.29, 0.717) is 0 Å². The van der Waals surface area contributed by atoms with Gasteiger partial charge < -0.3 is 4.90 Å². The van der Waals surface area contributed by atoms with Gasteiger partial charge in [0.1, 0.15) is 0 Å². The summed E-state index contributed by atoms with van der Waals surface area (Å²) in [5, 5.41) is 0. The molecule has 5 aliphatic rings. The molecule has 318 valence electrons. The van der Waals surface area contributed by atoms with Gasteiger partial charge in [-0.2, -0.15) is 0 Å². The van der Waals surface area contributed by atoms with Crippen molar-refractivity contribution in [1.82, 2.24) is 0 Å². The van der Waals surface area contributed by atoms with Crippen LogP contribution in [0.25, 0.3) is 66.8 Å². The maximum Gasteiger partial charge on any atom is 0.0462 e. The molecule has 0 N–H and O–H groups in total. The Kier molecular flexibility index (Phi) is 9.52. The first kappa shape index (κ1) is 39.2. The first-order valence-electron chi connectivity index (χ1n) is 24.3. The number of hydrogen-bond acceptors (Lipinski definition) is 1. The van der Waals surface area contributed by atoms with Crippen molar-refractivity contribution in [1.29, 1.82) is 0 Å². The molecule has 0 saturated heterocycles. The molecule has 0 amide bonds. The molecule has 0 aliphatic heterocycles. The topological polar surface area (TPSA) is 3.24 Å². The largest absolute Gasteiger partial charge is 0.311 e. The Labute approximate surface area is 390 Å². The summed E-state index contributed by atoms with van der Waals surface area (Å²) in [5.41, 5.74) is 22.2. The summed E-state index contributed by atoms with van der Waals surface area (Å²) in [5.74, 6) is 3.38. The first-order valence-corrected chi connectivity index (χ1v) is 24.3. The first-order chi connectivity index (χ1) is 32.7. The van der Waals surface area contributed by atoms with Crippen molar-refractivity contribution in [3.63, 3.8) is 0 Å². The summed E-state index contributed by atoms with van der Waals surface area (Å²) in [4.78, 5) is 2.37. The molecule has 0 aromatic heterocycles. The number of rotatable bonds is 8. The molecule has 4 saturated carbocycles. The lowest BCUT2D eigenvalue weighted by molar-refractivity contribution is 0.0618. The standard InChI is InChI=1S/C65H53N/c1-3-10-46(11-4-1)48-19-21-49(22-20-48)52-29-36-58(37-30-52)66(57-34-27-51(28-35-57)47-12-5-2-6-13-47)59-38-31-53(32-39-59)50-23-25-54(26-24-50)60-15-9-17-63-64(60)61-14-7-8-16-62(61)65(63)55-33-18-44-40-45(42-55)43-56(65)41-44/h1-17,19-32,34-39,44-45,55-56H,18,33,40-43H2. The Hall–Kier alpha value is -7.22. The van der Waals surface area contributed by atoms with Gasteiger partial charge in [0, 0.05) is 22.5 Å². The second kappa shape index (κ2) is 16.0. The number of nitrogens with zero attached hydrogens (tertiary/aromatic N) is 1. The summed E-state index contributed by atoms with van der Waals surface area (Å²) in [6, 6.07) is 83.4. The fourth-order valence-corrected chi connectivity index (χ4v) is 13.4. The maximum atomic E-state index is 2.52. The summed E-state index contributed by atoms with van der Waals surface area (Å²) in [6.45, 7) is 0. The number of benzene rings is 9. The van der Waals surface area contributed by atoms with Crippen LogP contribution in [0.2, 0.25) is 0 Å². The van der Waals surface area contributed by atoms with Crippen molar-refractivity contribution in [3.05, 3.63) is 236 Å². The van der Waals surface area contributed by atoms with Crippen molar-refractivity contribution < 1.29 is 0 Å². The fraction of sp³-hybridized carbons (Fsp3) is 0.169. The van der Waals surface area contributed by atoms with Crippen LogP contribution < -0.4 is 4.90 Å².